The molecule has 0 saturated carbocycles. The van der Waals surface area contributed by atoms with E-state index in [1.54, 1.807) is 12.1 Å². The number of esters is 1. The average Bonchev–Trinajstić information content (AvgIpc) is 3.15. The van der Waals surface area contributed by atoms with Gasteiger partial charge in [-0.3, -0.25) is 0 Å². The molecule has 3 rings (SSSR count). The van der Waals surface area contributed by atoms with Crippen LogP contribution in [-0.4, -0.2) is 16.9 Å². The topological polar surface area (TPSA) is 104 Å². The predicted octanol–water partition coefficient (Wildman–Crippen LogP) is 4.28. The Kier molecular flexibility index (Phi) is 6.39. The predicted molar refractivity (Wildman–Crippen MR) is 113 cm³/mol. The van der Waals surface area contributed by atoms with Gasteiger partial charge in [0.25, 0.3) is 0 Å². The van der Waals surface area contributed by atoms with E-state index in [1.807, 2.05) is 41.8 Å². The van der Waals surface area contributed by atoms with Crippen LogP contribution in [0.2, 0.25) is 0 Å². The molecule has 0 aliphatic heterocycles. The SMILES string of the molecule is CCCCc1ccc(C(=O)Oc2ccc(-c3csc(N=C(N)N)n3)cc2)cc1. The monoisotopic (exact) mass is 394 g/mol. The number of aromatic nitrogens is 1. The van der Waals surface area contributed by atoms with Crippen LogP contribution in [0.4, 0.5) is 5.13 Å². The second-order valence-electron chi connectivity index (χ2n) is 6.27. The van der Waals surface area contributed by atoms with Crippen molar-refractivity contribution >= 4 is 28.4 Å². The van der Waals surface area contributed by atoms with Crippen LogP contribution < -0.4 is 16.2 Å². The Morgan fingerprint density at radius 3 is 2.46 bits per heavy atom. The summed E-state index contributed by atoms with van der Waals surface area (Å²) in [5.74, 6) is 0.0727. The molecule has 0 fully saturated rings. The number of nitrogens with two attached hydrogens (primary N) is 2. The van der Waals surface area contributed by atoms with E-state index in [1.165, 1.54) is 16.9 Å². The molecule has 4 N–H and O–H groups in total. The third-order valence-electron chi connectivity index (χ3n) is 4.09. The van der Waals surface area contributed by atoms with Crippen LogP contribution in [0.3, 0.4) is 0 Å². The first kappa shape index (κ1) is 19.6. The number of unbranched alkanes of at least 4 members (excludes halogenated alkanes) is 1. The summed E-state index contributed by atoms with van der Waals surface area (Å²) in [4.78, 5) is 20.6. The Labute approximate surface area is 167 Å². The highest BCUT2D eigenvalue weighted by atomic mass is 32.1. The minimum Gasteiger partial charge on any atom is -0.423 e. The number of benzene rings is 2. The summed E-state index contributed by atoms with van der Waals surface area (Å²) in [5, 5.41) is 2.36. The van der Waals surface area contributed by atoms with E-state index in [9.17, 15) is 4.79 Å². The largest absolute Gasteiger partial charge is 0.423 e. The number of carbonyl (C=O) groups excluding carboxylic acids is 1. The summed E-state index contributed by atoms with van der Waals surface area (Å²) in [5.41, 5.74) is 14.1. The number of aryl methyl sites for hydroxylation is 1. The molecule has 0 unspecified atom stereocenters. The lowest BCUT2D eigenvalue weighted by Gasteiger charge is -2.06. The summed E-state index contributed by atoms with van der Waals surface area (Å²) in [6, 6.07) is 14.7. The van der Waals surface area contributed by atoms with Gasteiger partial charge in [0.15, 0.2) is 5.96 Å². The number of ether oxygens (including phenoxy) is 1. The Hall–Kier alpha value is -3.19. The fourth-order valence-corrected chi connectivity index (χ4v) is 3.32. The Morgan fingerprint density at radius 1 is 1.11 bits per heavy atom. The number of guanidine groups is 1. The van der Waals surface area contributed by atoms with E-state index >= 15 is 0 Å². The molecule has 0 aliphatic rings. The van der Waals surface area contributed by atoms with Crippen LogP contribution in [0, 0.1) is 0 Å². The number of aliphatic imine (C=N–C) groups is 1. The maximum atomic E-state index is 12.3. The van der Waals surface area contributed by atoms with E-state index in [-0.39, 0.29) is 11.9 Å². The summed E-state index contributed by atoms with van der Waals surface area (Å²) < 4.78 is 5.46. The third-order valence-corrected chi connectivity index (χ3v) is 4.82. The first-order valence-electron chi connectivity index (χ1n) is 9.02. The second kappa shape index (κ2) is 9.14. The van der Waals surface area contributed by atoms with Crippen molar-refractivity contribution in [3.05, 3.63) is 65.0 Å². The van der Waals surface area contributed by atoms with Crippen LogP contribution in [-0.2, 0) is 6.42 Å². The van der Waals surface area contributed by atoms with Gasteiger partial charge in [-0.2, -0.15) is 4.99 Å². The molecule has 2 aromatic carbocycles. The normalized spacial score (nSPS) is 10.5. The molecule has 3 aromatic rings. The van der Waals surface area contributed by atoms with Crippen molar-refractivity contribution in [1.82, 2.24) is 4.98 Å². The van der Waals surface area contributed by atoms with E-state index in [4.69, 9.17) is 16.2 Å². The van der Waals surface area contributed by atoms with Gasteiger partial charge in [0.05, 0.1) is 11.3 Å². The van der Waals surface area contributed by atoms with Crippen LogP contribution >= 0.6 is 11.3 Å². The van der Waals surface area contributed by atoms with Gasteiger partial charge in [0.2, 0.25) is 5.13 Å². The minimum absolute atomic E-state index is 0.0263. The van der Waals surface area contributed by atoms with Crippen molar-refractivity contribution in [2.75, 3.05) is 0 Å². The lowest BCUT2D eigenvalue weighted by atomic mass is 10.1. The molecule has 28 heavy (non-hydrogen) atoms. The van der Waals surface area contributed by atoms with E-state index in [0.29, 0.717) is 16.4 Å². The van der Waals surface area contributed by atoms with Gasteiger partial charge >= 0.3 is 5.97 Å². The maximum Gasteiger partial charge on any atom is 0.343 e. The summed E-state index contributed by atoms with van der Waals surface area (Å²) in [6.45, 7) is 2.16. The minimum atomic E-state index is -0.376. The van der Waals surface area contributed by atoms with Gasteiger partial charge in [-0.1, -0.05) is 25.5 Å². The van der Waals surface area contributed by atoms with Gasteiger partial charge in [-0.15, -0.1) is 11.3 Å². The lowest BCUT2D eigenvalue weighted by Crippen LogP contribution is -2.21. The van der Waals surface area contributed by atoms with Gasteiger partial charge in [0.1, 0.15) is 5.75 Å². The van der Waals surface area contributed by atoms with Gasteiger partial charge in [-0.05, 0) is 54.8 Å². The summed E-state index contributed by atoms with van der Waals surface area (Å²) in [7, 11) is 0. The van der Waals surface area contributed by atoms with Crippen LogP contribution in [0.25, 0.3) is 11.3 Å². The van der Waals surface area contributed by atoms with Crippen molar-refractivity contribution in [3.63, 3.8) is 0 Å². The van der Waals surface area contributed by atoms with E-state index < -0.39 is 0 Å². The molecule has 0 saturated heterocycles. The summed E-state index contributed by atoms with van der Waals surface area (Å²) in [6.07, 6.45) is 3.31. The Balaban J connectivity index is 1.64. The van der Waals surface area contributed by atoms with Crippen molar-refractivity contribution in [1.29, 1.82) is 0 Å². The van der Waals surface area contributed by atoms with Crippen molar-refractivity contribution in [2.45, 2.75) is 26.2 Å². The van der Waals surface area contributed by atoms with Crippen molar-refractivity contribution in [2.24, 2.45) is 16.5 Å². The zero-order chi connectivity index (χ0) is 19.9. The van der Waals surface area contributed by atoms with Crippen LogP contribution in [0.15, 0.2) is 58.9 Å². The highest BCUT2D eigenvalue weighted by Crippen LogP contribution is 2.28. The van der Waals surface area contributed by atoms with Crippen LogP contribution in [0.1, 0.15) is 35.7 Å². The average molecular weight is 395 g/mol. The Morgan fingerprint density at radius 2 is 1.82 bits per heavy atom. The molecule has 0 aliphatic carbocycles. The standard InChI is InChI=1S/C21H22N4O2S/c1-2-3-4-14-5-7-16(8-6-14)19(26)27-17-11-9-15(10-12-17)18-13-28-21(24-18)25-20(22)23/h5-13H,2-4H2,1H3,(H4,22,23,24,25). The molecule has 0 bridgehead atoms. The molecule has 0 amide bonds. The van der Waals surface area contributed by atoms with Gasteiger partial charge in [0, 0.05) is 10.9 Å². The molecular weight excluding hydrogens is 372 g/mol. The summed E-state index contributed by atoms with van der Waals surface area (Å²) >= 11 is 1.35. The number of carbonyl (C=O) groups is 1. The number of rotatable bonds is 7. The van der Waals surface area contributed by atoms with Crippen molar-refractivity contribution < 1.29 is 9.53 Å². The highest BCUT2D eigenvalue weighted by Gasteiger charge is 2.10. The van der Waals surface area contributed by atoms with Gasteiger partial charge in [-0.25, -0.2) is 9.78 Å². The van der Waals surface area contributed by atoms with E-state index in [2.05, 4.69) is 16.9 Å². The fraction of sp³-hybridized carbons (Fsp3) is 0.190. The molecule has 0 atom stereocenters. The molecule has 1 aromatic heterocycles. The first-order valence-corrected chi connectivity index (χ1v) is 9.90. The molecule has 0 radical (unpaired) electrons. The fourth-order valence-electron chi connectivity index (χ4n) is 2.61. The molecule has 144 valence electrons. The molecule has 7 heteroatoms. The van der Waals surface area contributed by atoms with Gasteiger partial charge < -0.3 is 16.2 Å². The Bertz CT molecular complexity index is 959. The molecule has 1 heterocycles. The number of hydrogen-bond acceptors (Lipinski definition) is 5. The number of thiazole rings is 1. The molecule has 0 spiro atoms. The molecular formula is C21H22N4O2S. The van der Waals surface area contributed by atoms with Crippen molar-refractivity contribution in [3.8, 4) is 17.0 Å². The van der Waals surface area contributed by atoms with Crippen LogP contribution in [0.5, 0.6) is 5.75 Å². The smallest absolute Gasteiger partial charge is 0.343 e. The highest BCUT2D eigenvalue weighted by molar-refractivity contribution is 7.13. The molecule has 6 nitrogen and oxygen atoms in total. The zero-order valence-electron chi connectivity index (χ0n) is 15.6. The number of nitrogens with zero attached hydrogens (tertiary/aromatic N) is 2. The number of hydrogen-bond donors (Lipinski definition) is 2. The van der Waals surface area contributed by atoms with E-state index in [0.717, 1.165) is 30.5 Å². The second-order valence-corrected chi connectivity index (χ2v) is 7.10. The first-order chi connectivity index (χ1) is 13.5. The lowest BCUT2D eigenvalue weighted by molar-refractivity contribution is 0.0735. The zero-order valence-corrected chi connectivity index (χ0v) is 16.4. The quantitative estimate of drug-likeness (QED) is 0.269. The maximum absolute atomic E-state index is 12.3. The third kappa shape index (κ3) is 5.17.